The van der Waals surface area contributed by atoms with Gasteiger partial charge in [0.05, 0.1) is 27.1 Å². The number of amides is 2. The summed E-state index contributed by atoms with van der Waals surface area (Å²) in [7, 11) is 3.22. The van der Waals surface area contributed by atoms with Gasteiger partial charge in [-0.25, -0.2) is 9.59 Å². The molecule has 0 unspecified atom stereocenters. The largest absolute Gasteiger partial charge is 0.493 e. The number of carboxylic acid groups (broad SMARTS) is 2. The quantitative estimate of drug-likeness (QED) is 0.144. The van der Waals surface area contributed by atoms with Gasteiger partial charge in [-0.2, -0.15) is 0 Å². The maximum Gasteiger partial charge on any atom is 0.409 e. The van der Waals surface area contributed by atoms with Gasteiger partial charge >= 0.3 is 12.2 Å². The first-order valence-electron chi connectivity index (χ1n) is 12.8. The van der Waals surface area contributed by atoms with Gasteiger partial charge in [0.25, 0.3) is 0 Å². The molecule has 2 amide bonds. The van der Waals surface area contributed by atoms with Gasteiger partial charge in [0.15, 0.2) is 11.5 Å². The number of hydrogen-bond donors (Lipinski definition) is 4. The van der Waals surface area contributed by atoms with Crippen LogP contribution in [-0.2, 0) is 12.0 Å². The van der Waals surface area contributed by atoms with E-state index in [1.54, 1.807) is 14.2 Å². The Bertz CT molecular complexity index is 1550. The molecule has 0 bridgehead atoms. The van der Waals surface area contributed by atoms with Crippen molar-refractivity contribution in [3.05, 3.63) is 83.9 Å². The molecule has 214 valence electrons. The van der Waals surface area contributed by atoms with E-state index in [2.05, 4.69) is 97.5 Å². The number of aliphatic imine (C=N–C) groups is 1. The fourth-order valence-electron chi connectivity index (χ4n) is 4.50. The van der Waals surface area contributed by atoms with Crippen molar-refractivity contribution in [2.75, 3.05) is 14.2 Å². The summed E-state index contributed by atoms with van der Waals surface area (Å²) >= 11 is 0. The monoisotopic (exact) mass is 557 g/mol. The zero-order chi connectivity index (χ0) is 30.2. The average molecular weight is 558 g/mol. The molecular formula is C32H35N3O6. The van der Waals surface area contributed by atoms with Gasteiger partial charge in [-0.05, 0) is 56.1 Å². The first-order valence-corrected chi connectivity index (χ1v) is 12.8. The molecule has 9 heteroatoms. The van der Waals surface area contributed by atoms with Crippen molar-refractivity contribution in [1.82, 2.24) is 5.32 Å². The third-order valence-corrected chi connectivity index (χ3v) is 6.40. The lowest BCUT2D eigenvalue weighted by molar-refractivity contribution is 0.200. The minimum atomic E-state index is -1.33. The first-order chi connectivity index (χ1) is 19.5. The molecule has 0 radical (unpaired) electrons. The topological polar surface area (TPSA) is 143 Å². The van der Waals surface area contributed by atoms with Crippen LogP contribution in [0.3, 0.4) is 0 Å². The molecule has 0 aliphatic rings. The van der Waals surface area contributed by atoms with Gasteiger partial charge < -0.3 is 25.4 Å². The third-order valence-electron chi connectivity index (χ3n) is 6.40. The van der Waals surface area contributed by atoms with Crippen molar-refractivity contribution in [3.63, 3.8) is 0 Å². The van der Waals surface area contributed by atoms with Gasteiger partial charge in [-0.1, -0.05) is 81.4 Å². The zero-order valence-corrected chi connectivity index (χ0v) is 23.8. The molecule has 4 aromatic rings. The molecule has 0 aliphatic heterocycles. The smallest absolute Gasteiger partial charge is 0.409 e. The van der Waals surface area contributed by atoms with E-state index in [1.165, 1.54) is 23.0 Å². The van der Waals surface area contributed by atoms with Gasteiger partial charge in [-0.15, -0.1) is 0 Å². The molecule has 9 nitrogen and oxygen atoms in total. The Balaban J connectivity index is 0.00000108. The Kier molecular flexibility index (Phi) is 9.92. The summed E-state index contributed by atoms with van der Waals surface area (Å²) < 4.78 is 11.3. The van der Waals surface area contributed by atoms with Crippen LogP contribution in [0.15, 0.2) is 77.8 Å². The van der Waals surface area contributed by atoms with E-state index in [0.29, 0.717) is 11.5 Å². The number of hydrogen-bond acceptors (Lipinski definition) is 5. The van der Waals surface area contributed by atoms with Gasteiger partial charge in [0.1, 0.15) is 0 Å². The molecule has 4 rings (SSSR count). The Morgan fingerprint density at radius 2 is 1.59 bits per heavy atom. The van der Waals surface area contributed by atoms with Gasteiger partial charge in [-0.3, -0.25) is 10.3 Å². The minimum Gasteiger partial charge on any atom is -0.493 e. The maximum atomic E-state index is 10.8. The van der Waals surface area contributed by atoms with Crippen molar-refractivity contribution >= 4 is 29.3 Å². The van der Waals surface area contributed by atoms with Gasteiger partial charge in [0, 0.05) is 5.56 Å². The second kappa shape index (κ2) is 13.3. The van der Waals surface area contributed by atoms with Crippen LogP contribution in [0, 0.1) is 0 Å². The second-order valence-corrected chi connectivity index (χ2v) is 10.2. The van der Waals surface area contributed by atoms with E-state index in [-0.39, 0.29) is 12.0 Å². The van der Waals surface area contributed by atoms with E-state index in [9.17, 15) is 4.79 Å². The van der Waals surface area contributed by atoms with Gasteiger partial charge in [0.2, 0.25) is 0 Å². The minimum absolute atomic E-state index is 0.105. The molecule has 0 saturated carbocycles. The maximum absolute atomic E-state index is 10.8. The lowest BCUT2D eigenvalue weighted by atomic mass is 9.86. The molecular weight excluding hydrogens is 522 g/mol. The normalized spacial score (nSPS) is 11.0. The lowest BCUT2D eigenvalue weighted by Crippen LogP contribution is -2.18. The Morgan fingerprint density at radius 3 is 2.17 bits per heavy atom. The van der Waals surface area contributed by atoms with Crippen molar-refractivity contribution < 1.29 is 29.3 Å². The zero-order valence-electron chi connectivity index (χ0n) is 23.8. The number of ether oxygens (including phenoxy) is 2. The molecule has 0 aromatic heterocycles. The predicted molar refractivity (Wildman–Crippen MR) is 162 cm³/mol. The summed E-state index contributed by atoms with van der Waals surface area (Å²) in [6, 6.07) is 25.2. The highest BCUT2D eigenvalue weighted by Gasteiger charge is 2.18. The summed E-state index contributed by atoms with van der Waals surface area (Å²) in [5.41, 5.74) is 10.5. The van der Waals surface area contributed by atoms with E-state index in [1.807, 2.05) is 12.1 Å². The number of nitrogens with zero attached hydrogens (tertiary/aromatic N) is 1. The number of rotatable bonds is 7. The number of benzene rings is 4. The number of methoxy groups -OCH3 is 2. The van der Waals surface area contributed by atoms with Crippen LogP contribution in [0.4, 0.5) is 9.59 Å². The molecule has 0 saturated heterocycles. The SMILES string of the molecule is COc1ccc(CN=CNC(=O)O)c(-c2ccc3c(-c4ccc(C(C)(C)C)cc4)cccc3c2)c1OC.NC(=O)O. The van der Waals surface area contributed by atoms with E-state index < -0.39 is 12.2 Å². The highest BCUT2D eigenvalue weighted by Crippen LogP contribution is 2.42. The number of nitrogens with one attached hydrogen (secondary N) is 1. The Hall–Kier alpha value is -5.05. The molecule has 41 heavy (non-hydrogen) atoms. The molecule has 0 spiro atoms. The molecule has 0 fully saturated rings. The van der Waals surface area contributed by atoms with Crippen LogP contribution in [0.2, 0.25) is 0 Å². The molecule has 4 aromatic carbocycles. The number of nitrogens with two attached hydrogens (primary N) is 1. The summed E-state index contributed by atoms with van der Waals surface area (Å²) in [4.78, 5) is 23.8. The average Bonchev–Trinajstić information content (AvgIpc) is 2.93. The fourth-order valence-corrected chi connectivity index (χ4v) is 4.50. The highest BCUT2D eigenvalue weighted by molar-refractivity contribution is 5.99. The first kappa shape index (κ1) is 30.5. The van der Waals surface area contributed by atoms with Crippen LogP contribution in [0.5, 0.6) is 11.5 Å². The standard InChI is InChI=1S/C31H32N2O4.CH3NO2/c1-31(2,3)24-13-9-20(10-14-24)25-8-6-7-21-17-22(11-15-26(21)25)28-23(18-32-19-33-30(34)35)12-16-27(36-4)29(28)37-5;2-1(3)4/h6-17,19H,18H2,1-5H3,(H,32,33)(H,34,35);2H2,(H,3,4). The van der Waals surface area contributed by atoms with Crippen LogP contribution in [0.1, 0.15) is 31.9 Å². The molecule has 0 aliphatic carbocycles. The Labute approximate surface area is 239 Å². The van der Waals surface area contributed by atoms with Crippen LogP contribution >= 0.6 is 0 Å². The summed E-state index contributed by atoms with van der Waals surface area (Å²) in [6.45, 7) is 6.93. The lowest BCUT2D eigenvalue weighted by Gasteiger charge is -2.19. The predicted octanol–water partition coefficient (Wildman–Crippen LogP) is 6.91. The van der Waals surface area contributed by atoms with Crippen molar-refractivity contribution in [3.8, 4) is 33.8 Å². The summed E-state index contributed by atoms with van der Waals surface area (Å²) in [6.07, 6.45) is -1.31. The van der Waals surface area contributed by atoms with Crippen molar-refractivity contribution in [2.45, 2.75) is 32.7 Å². The fraction of sp³-hybridized carbons (Fsp3) is 0.219. The number of fused-ring (bicyclic) bond motifs is 1. The summed E-state index contributed by atoms with van der Waals surface area (Å²) in [5, 5.41) is 20.4. The summed E-state index contributed by atoms with van der Waals surface area (Å²) in [5.74, 6) is 1.22. The number of primary amides is 1. The van der Waals surface area contributed by atoms with Crippen LogP contribution < -0.4 is 20.5 Å². The van der Waals surface area contributed by atoms with Crippen molar-refractivity contribution in [2.24, 2.45) is 10.7 Å². The van der Waals surface area contributed by atoms with E-state index in [4.69, 9.17) is 24.5 Å². The molecule has 0 heterocycles. The van der Waals surface area contributed by atoms with E-state index in [0.717, 1.165) is 27.5 Å². The van der Waals surface area contributed by atoms with Crippen molar-refractivity contribution in [1.29, 1.82) is 0 Å². The highest BCUT2D eigenvalue weighted by atomic mass is 16.5. The van der Waals surface area contributed by atoms with Crippen LogP contribution in [-0.4, -0.2) is 43.0 Å². The molecule has 0 atom stereocenters. The Morgan fingerprint density at radius 1 is 0.927 bits per heavy atom. The molecule has 5 N–H and O–H groups in total. The third kappa shape index (κ3) is 7.76. The second-order valence-electron chi connectivity index (χ2n) is 10.2. The van der Waals surface area contributed by atoms with E-state index >= 15 is 0 Å². The number of carbonyl (C=O) groups is 2. The van der Waals surface area contributed by atoms with Crippen LogP contribution in [0.25, 0.3) is 33.0 Å².